The van der Waals surface area contributed by atoms with Gasteiger partial charge in [0.25, 0.3) is 0 Å². The number of nitrogens with one attached hydrogen (secondary N) is 1. The molecule has 0 heterocycles. The average molecular weight is 199 g/mol. The van der Waals surface area contributed by atoms with E-state index in [-0.39, 0.29) is 6.10 Å². The van der Waals surface area contributed by atoms with Crippen molar-refractivity contribution in [2.24, 2.45) is 16.7 Å². The zero-order valence-corrected chi connectivity index (χ0v) is 10.2. The minimum atomic E-state index is -0.178. The molecule has 1 fully saturated rings. The Balaban J connectivity index is 2.16. The molecule has 1 rings (SSSR count). The van der Waals surface area contributed by atoms with Crippen molar-refractivity contribution in [2.75, 3.05) is 13.1 Å². The van der Waals surface area contributed by atoms with Crippen LogP contribution in [0.2, 0.25) is 0 Å². The van der Waals surface area contributed by atoms with Crippen LogP contribution >= 0.6 is 0 Å². The normalized spacial score (nSPS) is 26.1. The van der Waals surface area contributed by atoms with E-state index in [1.165, 1.54) is 0 Å². The van der Waals surface area contributed by atoms with E-state index in [1.54, 1.807) is 0 Å². The van der Waals surface area contributed by atoms with Gasteiger partial charge in [-0.25, -0.2) is 0 Å². The van der Waals surface area contributed by atoms with Gasteiger partial charge in [-0.15, -0.1) is 0 Å². The molecule has 0 radical (unpaired) electrons. The van der Waals surface area contributed by atoms with Crippen LogP contribution in [0.1, 0.15) is 41.0 Å². The van der Waals surface area contributed by atoms with E-state index in [2.05, 4.69) is 33.0 Å². The highest BCUT2D eigenvalue weighted by Gasteiger charge is 2.63. The molecule has 2 N–H and O–H groups in total. The summed E-state index contributed by atoms with van der Waals surface area (Å²) in [5.74, 6) is 0.781. The lowest BCUT2D eigenvalue weighted by atomic mass is 10.0. The Bertz CT molecular complexity index is 182. The van der Waals surface area contributed by atoms with E-state index in [0.717, 1.165) is 25.4 Å². The second-order valence-electron chi connectivity index (χ2n) is 5.84. The zero-order chi connectivity index (χ0) is 11.0. The zero-order valence-electron chi connectivity index (χ0n) is 10.2. The molecule has 0 spiro atoms. The summed E-state index contributed by atoms with van der Waals surface area (Å²) in [5.41, 5.74) is 0.954. The third-order valence-electron chi connectivity index (χ3n) is 4.41. The molecule has 84 valence electrons. The Morgan fingerprint density at radius 1 is 1.21 bits per heavy atom. The second kappa shape index (κ2) is 3.82. The Morgan fingerprint density at radius 2 is 1.71 bits per heavy atom. The number of rotatable bonds is 5. The SMILES string of the molecule is CC(O)CCNCC1C(C)(C)C1(C)C. The topological polar surface area (TPSA) is 32.3 Å². The van der Waals surface area contributed by atoms with E-state index < -0.39 is 0 Å². The van der Waals surface area contributed by atoms with Crippen molar-refractivity contribution in [1.82, 2.24) is 5.32 Å². The summed E-state index contributed by atoms with van der Waals surface area (Å²) < 4.78 is 0. The first-order valence-corrected chi connectivity index (χ1v) is 5.69. The molecule has 2 heteroatoms. The first-order valence-electron chi connectivity index (χ1n) is 5.69. The summed E-state index contributed by atoms with van der Waals surface area (Å²) in [6.45, 7) is 13.2. The summed E-state index contributed by atoms with van der Waals surface area (Å²) in [6, 6.07) is 0. The van der Waals surface area contributed by atoms with Gasteiger partial charge in [0, 0.05) is 0 Å². The Morgan fingerprint density at radius 3 is 2.07 bits per heavy atom. The van der Waals surface area contributed by atoms with Gasteiger partial charge in [0.15, 0.2) is 0 Å². The van der Waals surface area contributed by atoms with Crippen LogP contribution in [0.4, 0.5) is 0 Å². The van der Waals surface area contributed by atoms with Gasteiger partial charge in [-0.1, -0.05) is 27.7 Å². The Kier molecular flexibility index (Phi) is 3.27. The summed E-state index contributed by atoms with van der Waals surface area (Å²) in [4.78, 5) is 0. The molecule has 1 aliphatic carbocycles. The van der Waals surface area contributed by atoms with Gasteiger partial charge in [-0.05, 0) is 43.2 Å². The maximum Gasteiger partial charge on any atom is 0.0524 e. The minimum Gasteiger partial charge on any atom is -0.393 e. The van der Waals surface area contributed by atoms with Gasteiger partial charge in [0.2, 0.25) is 0 Å². The molecular weight excluding hydrogens is 174 g/mol. The van der Waals surface area contributed by atoms with E-state index in [4.69, 9.17) is 5.11 Å². The van der Waals surface area contributed by atoms with Crippen LogP contribution in [-0.2, 0) is 0 Å². The molecule has 1 aliphatic rings. The van der Waals surface area contributed by atoms with Crippen LogP contribution in [0.15, 0.2) is 0 Å². The van der Waals surface area contributed by atoms with E-state index >= 15 is 0 Å². The first-order chi connectivity index (χ1) is 6.30. The first kappa shape index (κ1) is 12.0. The van der Waals surface area contributed by atoms with Crippen molar-refractivity contribution >= 4 is 0 Å². The smallest absolute Gasteiger partial charge is 0.0524 e. The highest BCUT2D eigenvalue weighted by Crippen LogP contribution is 2.67. The van der Waals surface area contributed by atoms with Crippen LogP contribution in [0, 0.1) is 16.7 Å². The highest BCUT2D eigenvalue weighted by atomic mass is 16.3. The Labute approximate surface area is 88.1 Å². The van der Waals surface area contributed by atoms with Crippen LogP contribution in [0.3, 0.4) is 0 Å². The molecule has 1 unspecified atom stereocenters. The van der Waals surface area contributed by atoms with Gasteiger partial charge in [-0.3, -0.25) is 0 Å². The predicted molar refractivity (Wildman–Crippen MR) is 60.2 cm³/mol. The number of aliphatic hydroxyl groups is 1. The van der Waals surface area contributed by atoms with Crippen LogP contribution in [0.5, 0.6) is 0 Å². The molecule has 0 saturated heterocycles. The van der Waals surface area contributed by atoms with Crippen molar-refractivity contribution in [2.45, 2.75) is 47.1 Å². The lowest BCUT2D eigenvalue weighted by Gasteiger charge is -2.07. The minimum absolute atomic E-state index is 0.178. The third kappa shape index (κ3) is 2.12. The second-order valence-corrected chi connectivity index (χ2v) is 5.84. The summed E-state index contributed by atoms with van der Waals surface area (Å²) >= 11 is 0. The number of hydrogen-bond donors (Lipinski definition) is 2. The van der Waals surface area contributed by atoms with Crippen molar-refractivity contribution in [3.63, 3.8) is 0 Å². The van der Waals surface area contributed by atoms with Gasteiger partial charge < -0.3 is 10.4 Å². The lowest BCUT2D eigenvalue weighted by molar-refractivity contribution is 0.183. The molecule has 0 aliphatic heterocycles. The molecule has 2 nitrogen and oxygen atoms in total. The largest absolute Gasteiger partial charge is 0.393 e. The molecule has 1 saturated carbocycles. The number of aliphatic hydroxyl groups excluding tert-OH is 1. The molecule has 0 amide bonds. The summed E-state index contributed by atoms with van der Waals surface area (Å²) in [6.07, 6.45) is 0.677. The Hall–Kier alpha value is -0.0800. The van der Waals surface area contributed by atoms with Gasteiger partial charge >= 0.3 is 0 Å². The number of hydrogen-bond acceptors (Lipinski definition) is 2. The van der Waals surface area contributed by atoms with Gasteiger partial charge in [0.1, 0.15) is 0 Å². The van der Waals surface area contributed by atoms with E-state index in [0.29, 0.717) is 10.8 Å². The predicted octanol–water partition coefficient (Wildman–Crippen LogP) is 2.03. The summed E-state index contributed by atoms with van der Waals surface area (Å²) in [5, 5.41) is 12.5. The molecule has 0 aromatic rings. The van der Waals surface area contributed by atoms with Crippen LogP contribution < -0.4 is 5.32 Å². The van der Waals surface area contributed by atoms with E-state index in [1.807, 2.05) is 6.92 Å². The monoisotopic (exact) mass is 199 g/mol. The maximum absolute atomic E-state index is 9.10. The van der Waals surface area contributed by atoms with E-state index in [9.17, 15) is 0 Å². The quantitative estimate of drug-likeness (QED) is 0.664. The fourth-order valence-corrected chi connectivity index (χ4v) is 2.40. The van der Waals surface area contributed by atoms with Crippen LogP contribution in [-0.4, -0.2) is 24.3 Å². The van der Waals surface area contributed by atoms with Crippen LogP contribution in [0.25, 0.3) is 0 Å². The fourth-order valence-electron chi connectivity index (χ4n) is 2.40. The van der Waals surface area contributed by atoms with Gasteiger partial charge in [-0.2, -0.15) is 0 Å². The summed E-state index contributed by atoms with van der Waals surface area (Å²) in [7, 11) is 0. The van der Waals surface area contributed by atoms with Crippen molar-refractivity contribution in [3.05, 3.63) is 0 Å². The maximum atomic E-state index is 9.10. The molecule has 1 atom stereocenters. The fraction of sp³-hybridized carbons (Fsp3) is 1.00. The van der Waals surface area contributed by atoms with Gasteiger partial charge in [0.05, 0.1) is 6.10 Å². The van der Waals surface area contributed by atoms with Crippen molar-refractivity contribution in [1.29, 1.82) is 0 Å². The molecule has 14 heavy (non-hydrogen) atoms. The highest BCUT2D eigenvalue weighted by molar-refractivity contribution is 5.12. The average Bonchev–Trinajstić information content (AvgIpc) is 2.38. The third-order valence-corrected chi connectivity index (χ3v) is 4.41. The lowest BCUT2D eigenvalue weighted by Crippen LogP contribution is -2.23. The van der Waals surface area contributed by atoms with Crippen molar-refractivity contribution in [3.8, 4) is 0 Å². The molecule has 0 bridgehead atoms. The molecule has 0 aromatic carbocycles. The molecule has 0 aromatic heterocycles. The van der Waals surface area contributed by atoms with Crippen molar-refractivity contribution < 1.29 is 5.11 Å². The standard InChI is InChI=1S/C12H25NO/c1-9(14)6-7-13-8-10-11(2,3)12(10,4)5/h9-10,13-14H,6-8H2,1-5H3. The molecular formula is C12H25NO.